The highest BCUT2D eigenvalue weighted by Crippen LogP contribution is 2.38. The Hall–Kier alpha value is -1.45. The second-order valence-corrected chi connectivity index (χ2v) is 3.95. The van der Waals surface area contributed by atoms with E-state index < -0.39 is 0 Å². The van der Waals surface area contributed by atoms with Crippen LogP contribution in [0.2, 0.25) is 0 Å². The van der Waals surface area contributed by atoms with Gasteiger partial charge in [0.25, 0.3) is 0 Å². The molecule has 0 spiro atoms. The SMILES string of the molecule is CCOC(=O)c1cc(CC)nc(C2CC2)n1. The summed E-state index contributed by atoms with van der Waals surface area (Å²) in [7, 11) is 0. The lowest BCUT2D eigenvalue weighted by atomic mass is 10.2. The van der Waals surface area contributed by atoms with Crippen LogP contribution in [0.1, 0.15) is 54.6 Å². The third kappa shape index (κ3) is 2.38. The van der Waals surface area contributed by atoms with Gasteiger partial charge in [-0.25, -0.2) is 14.8 Å². The van der Waals surface area contributed by atoms with Gasteiger partial charge in [-0.3, -0.25) is 0 Å². The number of rotatable bonds is 4. The predicted molar refractivity (Wildman–Crippen MR) is 59.3 cm³/mol. The van der Waals surface area contributed by atoms with Crippen LogP contribution >= 0.6 is 0 Å². The van der Waals surface area contributed by atoms with E-state index in [0.29, 0.717) is 18.2 Å². The van der Waals surface area contributed by atoms with Gasteiger partial charge in [0, 0.05) is 11.6 Å². The lowest BCUT2D eigenvalue weighted by Crippen LogP contribution is -2.11. The normalized spacial score (nSPS) is 14.9. The van der Waals surface area contributed by atoms with Crippen molar-refractivity contribution in [2.75, 3.05) is 6.61 Å². The van der Waals surface area contributed by atoms with Crippen LogP contribution in [0.25, 0.3) is 0 Å². The Morgan fingerprint density at radius 1 is 1.44 bits per heavy atom. The molecule has 1 fully saturated rings. The lowest BCUT2D eigenvalue weighted by molar-refractivity contribution is 0.0518. The molecule has 1 aliphatic carbocycles. The van der Waals surface area contributed by atoms with Crippen molar-refractivity contribution in [2.24, 2.45) is 0 Å². The van der Waals surface area contributed by atoms with Crippen molar-refractivity contribution >= 4 is 5.97 Å². The van der Waals surface area contributed by atoms with Crippen molar-refractivity contribution in [3.63, 3.8) is 0 Å². The first-order chi connectivity index (χ1) is 7.74. The summed E-state index contributed by atoms with van der Waals surface area (Å²) in [5.41, 5.74) is 1.32. The van der Waals surface area contributed by atoms with Gasteiger partial charge in [0.1, 0.15) is 5.82 Å². The largest absolute Gasteiger partial charge is 0.461 e. The van der Waals surface area contributed by atoms with Gasteiger partial charge in [-0.05, 0) is 32.3 Å². The molecule has 0 aliphatic heterocycles. The highest BCUT2D eigenvalue weighted by molar-refractivity contribution is 5.87. The topological polar surface area (TPSA) is 52.1 Å². The van der Waals surface area contributed by atoms with E-state index in [1.807, 2.05) is 6.92 Å². The maximum absolute atomic E-state index is 11.6. The van der Waals surface area contributed by atoms with Gasteiger partial charge >= 0.3 is 5.97 Å². The molecule has 0 amide bonds. The molecule has 1 aliphatic rings. The number of hydrogen-bond acceptors (Lipinski definition) is 4. The first kappa shape index (κ1) is 11.0. The van der Waals surface area contributed by atoms with Crippen LogP contribution in [0, 0.1) is 0 Å². The number of aromatic nitrogens is 2. The molecular formula is C12H16N2O2. The van der Waals surface area contributed by atoms with Gasteiger partial charge in [0.05, 0.1) is 6.61 Å². The summed E-state index contributed by atoms with van der Waals surface area (Å²) in [5, 5.41) is 0. The summed E-state index contributed by atoms with van der Waals surface area (Å²) in [4.78, 5) is 20.3. The molecule has 16 heavy (non-hydrogen) atoms. The first-order valence-corrected chi connectivity index (χ1v) is 5.79. The molecule has 0 saturated heterocycles. The van der Waals surface area contributed by atoms with Crippen molar-refractivity contribution < 1.29 is 9.53 Å². The summed E-state index contributed by atoms with van der Waals surface area (Å²) in [6.07, 6.45) is 3.08. The standard InChI is InChI=1S/C12H16N2O2/c1-3-9-7-10(12(15)16-4-2)14-11(13-9)8-5-6-8/h7-8H,3-6H2,1-2H3. The monoisotopic (exact) mass is 220 g/mol. The van der Waals surface area contributed by atoms with Gasteiger partial charge < -0.3 is 4.74 Å². The molecule has 0 aromatic carbocycles. The van der Waals surface area contributed by atoms with Crippen LogP contribution in [0.5, 0.6) is 0 Å². The van der Waals surface area contributed by atoms with Gasteiger partial charge in [-0.15, -0.1) is 0 Å². The van der Waals surface area contributed by atoms with Crippen LogP contribution in [0.3, 0.4) is 0 Å². The minimum Gasteiger partial charge on any atom is -0.461 e. The molecule has 0 radical (unpaired) electrons. The van der Waals surface area contributed by atoms with Crippen LogP contribution in [0.15, 0.2) is 6.07 Å². The van der Waals surface area contributed by atoms with Crippen LogP contribution in [0.4, 0.5) is 0 Å². The average molecular weight is 220 g/mol. The summed E-state index contributed by atoms with van der Waals surface area (Å²) >= 11 is 0. The Balaban J connectivity index is 2.28. The predicted octanol–water partition coefficient (Wildman–Crippen LogP) is 2.09. The minimum atomic E-state index is -0.346. The molecule has 0 atom stereocenters. The van der Waals surface area contributed by atoms with Gasteiger partial charge in [0.15, 0.2) is 5.69 Å². The maximum Gasteiger partial charge on any atom is 0.357 e. The summed E-state index contributed by atoms with van der Waals surface area (Å²) in [6, 6.07) is 1.73. The van der Waals surface area contributed by atoms with Gasteiger partial charge in [-0.1, -0.05) is 6.92 Å². The Morgan fingerprint density at radius 3 is 2.75 bits per heavy atom. The first-order valence-electron chi connectivity index (χ1n) is 5.79. The number of hydrogen-bond donors (Lipinski definition) is 0. The zero-order valence-electron chi connectivity index (χ0n) is 9.69. The van der Waals surface area contributed by atoms with Crippen molar-refractivity contribution in [3.05, 3.63) is 23.3 Å². The molecule has 1 saturated carbocycles. The minimum absolute atomic E-state index is 0.346. The molecule has 1 heterocycles. The maximum atomic E-state index is 11.6. The van der Waals surface area contributed by atoms with Crippen LogP contribution in [-0.2, 0) is 11.2 Å². The second-order valence-electron chi connectivity index (χ2n) is 3.95. The van der Waals surface area contributed by atoms with E-state index in [1.165, 1.54) is 0 Å². The lowest BCUT2D eigenvalue weighted by Gasteiger charge is -2.05. The fourth-order valence-electron chi connectivity index (χ4n) is 1.53. The van der Waals surface area contributed by atoms with E-state index in [2.05, 4.69) is 9.97 Å². The van der Waals surface area contributed by atoms with E-state index in [9.17, 15) is 4.79 Å². The van der Waals surface area contributed by atoms with E-state index in [4.69, 9.17) is 4.74 Å². The zero-order chi connectivity index (χ0) is 11.5. The fourth-order valence-corrected chi connectivity index (χ4v) is 1.53. The Kier molecular flexibility index (Phi) is 3.17. The molecule has 0 bridgehead atoms. The zero-order valence-corrected chi connectivity index (χ0v) is 9.69. The highest BCUT2D eigenvalue weighted by atomic mass is 16.5. The molecule has 0 unspecified atom stereocenters. The second kappa shape index (κ2) is 4.60. The van der Waals surface area contributed by atoms with E-state index in [-0.39, 0.29) is 5.97 Å². The van der Waals surface area contributed by atoms with Gasteiger partial charge in [0.2, 0.25) is 0 Å². The number of aryl methyl sites for hydroxylation is 1. The number of carbonyl (C=O) groups is 1. The van der Waals surface area contributed by atoms with E-state index in [0.717, 1.165) is 30.8 Å². The molecule has 4 nitrogen and oxygen atoms in total. The molecule has 1 aromatic heterocycles. The fraction of sp³-hybridized carbons (Fsp3) is 0.583. The Bertz CT molecular complexity index is 400. The average Bonchev–Trinajstić information content (AvgIpc) is 3.12. The number of esters is 1. The molecular weight excluding hydrogens is 204 g/mol. The number of ether oxygens (including phenoxy) is 1. The number of nitrogens with zero attached hydrogens (tertiary/aromatic N) is 2. The quantitative estimate of drug-likeness (QED) is 0.729. The van der Waals surface area contributed by atoms with E-state index in [1.54, 1.807) is 13.0 Å². The molecule has 0 N–H and O–H groups in total. The van der Waals surface area contributed by atoms with Crippen molar-refractivity contribution in [2.45, 2.75) is 39.0 Å². The third-order valence-corrected chi connectivity index (χ3v) is 2.59. The molecule has 4 heteroatoms. The Labute approximate surface area is 95.1 Å². The highest BCUT2D eigenvalue weighted by Gasteiger charge is 2.28. The van der Waals surface area contributed by atoms with Crippen LogP contribution < -0.4 is 0 Å². The van der Waals surface area contributed by atoms with Crippen molar-refractivity contribution in [3.8, 4) is 0 Å². The molecule has 1 aromatic rings. The van der Waals surface area contributed by atoms with Crippen LogP contribution in [-0.4, -0.2) is 22.5 Å². The summed E-state index contributed by atoms with van der Waals surface area (Å²) in [6.45, 7) is 4.19. The Morgan fingerprint density at radius 2 is 2.19 bits per heavy atom. The third-order valence-electron chi connectivity index (χ3n) is 2.59. The van der Waals surface area contributed by atoms with Crippen molar-refractivity contribution in [1.29, 1.82) is 0 Å². The van der Waals surface area contributed by atoms with Crippen molar-refractivity contribution in [1.82, 2.24) is 9.97 Å². The summed E-state index contributed by atoms with van der Waals surface area (Å²) < 4.78 is 4.95. The smallest absolute Gasteiger partial charge is 0.357 e. The van der Waals surface area contributed by atoms with E-state index >= 15 is 0 Å². The van der Waals surface area contributed by atoms with Gasteiger partial charge in [-0.2, -0.15) is 0 Å². The molecule has 2 rings (SSSR count). The summed E-state index contributed by atoms with van der Waals surface area (Å²) in [5.74, 6) is 0.920. The molecule has 86 valence electrons. The number of carbonyl (C=O) groups excluding carboxylic acids is 1.